The van der Waals surface area contributed by atoms with Gasteiger partial charge in [-0.2, -0.15) is 0 Å². The molecule has 0 aliphatic carbocycles. The van der Waals surface area contributed by atoms with Gasteiger partial charge in [-0.15, -0.1) is 0 Å². The molecule has 0 bridgehead atoms. The molecule has 0 aromatic rings. The van der Waals surface area contributed by atoms with Crippen LogP contribution in [0.4, 0.5) is 0 Å². The van der Waals surface area contributed by atoms with Crippen LogP contribution in [0.15, 0.2) is 0 Å². The molecular weight excluding hydrogens is 286 g/mol. The van der Waals surface area contributed by atoms with E-state index >= 15 is 0 Å². The van der Waals surface area contributed by atoms with Crippen LogP contribution < -0.4 is 10.6 Å². The lowest BCUT2D eigenvalue weighted by molar-refractivity contribution is -0.0410. The molecule has 1 heterocycles. The van der Waals surface area contributed by atoms with Gasteiger partial charge in [0, 0.05) is 18.2 Å². The van der Waals surface area contributed by atoms with Crippen molar-refractivity contribution in [2.45, 2.75) is 103 Å². The first kappa shape index (κ1) is 20.6. The van der Waals surface area contributed by atoms with Crippen molar-refractivity contribution in [3.8, 4) is 0 Å². The molecular formula is C19H39N3O. The molecule has 1 fully saturated rings. The number of nitrogens with one attached hydrogen (secondary N) is 3. The van der Waals surface area contributed by atoms with Crippen molar-refractivity contribution >= 4 is 6.21 Å². The fourth-order valence-electron chi connectivity index (χ4n) is 3.99. The van der Waals surface area contributed by atoms with Gasteiger partial charge in [0.1, 0.15) is 6.23 Å². The number of unbranched alkanes of at least 4 members (excludes halogenated alkanes) is 3. The highest BCUT2D eigenvalue weighted by Crippen LogP contribution is 2.32. The smallest absolute Gasteiger partial charge is 0.111 e. The Kier molecular flexibility index (Phi) is 9.33. The number of hydrogen-bond donors (Lipinski definition) is 4. The van der Waals surface area contributed by atoms with Crippen molar-refractivity contribution in [1.29, 1.82) is 5.41 Å². The summed E-state index contributed by atoms with van der Waals surface area (Å²) in [5.41, 5.74) is -0.284. The molecule has 23 heavy (non-hydrogen) atoms. The summed E-state index contributed by atoms with van der Waals surface area (Å²) in [5.74, 6) is 0.585. The van der Waals surface area contributed by atoms with Gasteiger partial charge in [0.2, 0.25) is 0 Å². The molecule has 0 aromatic heterocycles. The van der Waals surface area contributed by atoms with Gasteiger partial charge in [0.15, 0.2) is 0 Å². The van der Waals surface area contributed by atoms with Crippen LogP contribution in [-0.4, -0.2) is 29.3 Å². The molecule has 4 heteroatoms. The Bertz CT molecular complexity index is 337. The topological polar surface area (TPSA) is 68.1 Å². The molecule has 0 aromatic carbocycles. The largest absolute Gasteiger partial charge is 0.378 e. The Morgan fingerprint density at radius 1 is 1.04 bits per heavy atom. The highest BCUT2D eigenvalue weighted by atomic mass is 16.3. The number of aliphatic hydroxyl groups excluding tert-OH is 1. The summed E-state index contributed by atoms with van der Waals surface area (Å²) in [6.07, 6.45) is 11.3. The fourth-order valence-corrected chi connectivity index (χ4v) is 3.99. The van der Waals surface area contributed by atoms with Crippen LogP contribution in [0.3, 0.4) is 0 Å². The molecule has 0 amide bonds. The Morgan fingerprint density at radius 3 is 2.30 bits per heavy atom. The molecule has 0 saturated carbocycles. The zero-order chi connectivity index (χ0) is 17.3. The Labute approximate surface area is 143 Å². The van der Waals surface area contributed by atoms with Crippen LogP contribution in [0.25, 0.3) is 0 Å². The first-order chi connectivity index (χ1) is 11.0. The summed E-state index contributed by atoms with van der Waals surface area (Å²) in [7, 11) is 0. The van der Waals surface area contributed by atoms with Crippen molar-refractivity contribution < 1.29 is 5.11 Å². The van der Waals surface area contributed by atoms with E-state index in [0.29, 0.717) is 5.92 Å². The van der Waals surface area contributed by atoms with E-state index < -0.39 is 6.23 Å². The maximum atomic E-state index is 10.7. The molecule has 1 saturated heterocycles. The van der Waals surface area contributed by atoms with Crippen LogP contribution >= 0.6 is 0 Å². The third-order valence-electron chi connectivity index (χ3n) is 5.46. The summed E-state index contributed by atoms with van der Waals surface area (Å²) >= 11 is 0. The third-order valence-corrected chi connectivity index (χ3v) is 5.46. The molecule has 1 aliphatic heterocycles. The summed E-state index contributed by atoms with van der Waals surface area (Å²) in [4.78, 5) is 0. The van der Waals surface area contributed by atoms with Crippen LogP contribution in [0.5, 0.6) is 0 Å². The highest BCUT2D eigenvalue weighted by molar-refractivity contribution is 5.62. The van der Waals surface area contributed by atoms with Crippen LogP contribution in [0.1, 0.15) is 85.5 Å². The summed E-state index contributed by atoms with van der Waals surface area (Å²) < 4.78 is 0. The van der Waals surface area contributed by atoms with Gasteiger partial charge in [-0.3, -0.25) is 10.6 Å². The number of rotatable bonds is 11. The maximum Gasteiger partial charge on any atom is 0.111 e. The van der Waals surface area contributed by atoms with Crippen LogP contribution in [0, 0.1) is 17.2 Å². The van der Waals surface area contributed by atoms with Crippen molar-refractivity contribution in [2.24, 2.45) is 11.8 Å². The molecule has 4 nitrogen and oxygen atoms in total. The minimum Gasteiger partial charge on any atom is -0.378 e. The second-order valence-corrected chi connectivity index (χ2v) is 7.42. The second kappa shape index (κ2) is 10.4. The van der Waals surface area contributed by atoms with Crippen molar-refractivity contribution in [3.05, 3.63) is 0 Å². The Morgan fingerprint density at radius 2 is 1.74 bits per heavy atom. The monoisotopic (exact) mass is 325 g/mol. The molecule has 136 valence electrons. The molecule has 1 aliphatic rings. The lowest BCUT2D eigenvalue weighted by atomic mass is 9.79. The SMILES string of the molecule is CCCCCC1C(O)NC(C)(C(CCC)CCCC)NC1C=N. The van der Waals surface area contributed by atoms with Gasteiger partial charge < -0.3 is 10.5 Å². The Balaban J connectivity index is 2.79. The van der Waals surface area contributed by atoms with Gasteiger partial charge in [0.05, 0.1) is 5.66 Å². The average Bonchev–Trinajstić information content (AvgIpc) is 2.53. The average molecular weight is 326 g/mol. The van der Waals surface area contributed by atoms with Crippen molar-refractivity contribution in [3.63, 3.8) is 0 Å². The molecule has 4 N–H and O–H groups in total. The molecule has 5 unspecified atom stereocenters. The summed E-state index contributed by atoms with van der Waals surface area (Å²) in [6.45, 7) is 8.82. The first-order valence-electron chi connectivity index (χ1n) is 9.76. The minimum absolute atomic E-state index is 0.0333. The predicted molar refractivity (Wildman–Crippen MR) is 98.8 cm³/mol. The van der Waals surface area contributed by atoms with Crippen LogP contribution in [-0.2, 0) is 0 Å². The number of aliphatic hydroxyl groups is 1. The van der Waals surface area contributed by atoms with E-state index in [4.69, 9.17) is 5.41 Å². The summed E-state index contributed by atoms with van der Waals surface area (Å²) in [6, 6.07) is -0.0333. The molecule has 5 atom stereocenters. The quantitative estimate of drug-likeness (QED) is 0.342. The lowest BCUT2D eigenvalue weighted by Gasteiger charge is -2.50. The molecule has 1 rings (SSSR count). The van der Waals surface area contributed by atoms with Crippen LogP contribution in [0.2, 0.25) is 0 Å². The fraction of sp³-hybridized carbons (Fsp3) is 0.947. The standard InChI is InChI=1S/C19H39N3O/c1-5-8-10-13-16-17(14-20)21-19(4,22-18(16)23)15(11-7-3)12-9-6-2/h14-18,20-23H,5-13H2,1-4H3. The zero-order valence-corrected chi connectivity index (χ0v) is 15.7. The van der Waals surface area contributed by atoms with E-state index in [1.54, 1.807) is 0 Å². The van der Waals surface area contributed by atoms with Gasteiger partial charge in [-0.25, -0.2) is 0 Å². The van der Waals surface area contributed by atoms with E-state index in [9.17, 15) is 5.11 Å². The van der Waals surface area contributed by atoms with Gasteiger partial charge in [-0.1, -0.05) is 59.3 Å². The van der Waals surface area contributed by atoms with E-state index in [1.165, 1.54) is 38.3 Å². The Hall–Kier alpha value is -0.450. The van der Waals surface area contributed by atoms with Crippen molar-refractivity contribution in [1.82, 2.24) is 10.6 Å². The van der Waals surface area contributed by atoms with Crippen molar-refractivity contribution in [2.75, 3.05) is 0 Å². The van der Waals surface area contributed by atoms with Gasteiger partial charge >= 0.3 is 0 Å². The summed E-state index contributed by atoms with van der Waals surface area (Å²) in [5, 5.41) is 25.7. The maximum absolute atomic E-state index is 10.7. The predicted octanol–water partition coefficient (Wildman–Crippen LogP) is 4.03. The van der Waals surface area contributed by atoms with E-state index in [1.807, 2.05) is 0 Å². The molecule has 0 spiro atoms. The minimum atomic E-state index is -0.523. The third kappa shape index (κ3) is 5.84. The van der Waals surface area contributed by atoms with Gasteiger partial charge in [0.25, 0.3) is 0 Å². The molecule has 0 radical (unpaired) electrons. The lowest BCUT2D eigenvalue weighted by Crippen LogP contribution is -2.73. The first-order valence-corrected chi connectivity index (χ1v) is 9.76. The van der Waals surface area contributed by atoms with E-state index in [2.05, 4.69) is 38.3 Å². The highest BCUT2D eigenvalue weighted by Gasteiger charge is 2.44. The van der Waals surface area contributed by atoms with E-state index in [-0.39, 0.29) is 17.6 Å². The second-order valence-electron chi connectivity index (χ2n) is 7.42. The van der Waals surface area contributed by atoms with Gasteiger partial charge in [-0.05, 0) is 32.1 Å². The van der Waals surface area contributed by atoms with E-state index in [0.717, 1.165) is 25.7 Å². The zero-order valence-electron chi connectivity index (χ0n) is 15.7. The normalized spacial score (nSPS) is 32.7. The number of hydrogen-bond acceptors (Lipinski definition) is 4.